The summed E-state index contributed by atoms with van der Waals surface area (Å²) in [6, 6.07) is 12.5. The topological polar surface area (TPSA) is 72.2 Å². The number of hydrogen-bond donors (Lipinski definition) is 1. The number of rotatable bonds is 2. The highest BCUT2D eigenvalue weighted by Gasteiger charge is 2.16. The fraction of sp³-hybridized carbons (Fsp3) is 0. The lowest BCUT2D eigenvalue weighted by molar-refractivity contribution is 0.102. The summed E-state index contributed by atoms with van der Waals surface area (Å²) in [7, 11) is 0. The first-order chi connectivity index (χ1) is 11.6. The maximum atomic E-state index is 12.4. The van der Waals surface area contributed by atoms with Crippen molar-refractivity contribution in [3.63, 3.8) is 0 Å². The highest BCUT2D eigenvalue weighted by atomic mass is 79.9. The van der Waals surface area contributed by atoms with Crippen molar-refractivity contribution < 1.29 is 9.21 Å². The van der Waals surface area contributed by atoms with Gasteiger partial charge in [-0.05, 0) is 40.2 Å². The number of nitrogens with zero attached hydrogens (tertiary/aromatic N) is 1. The van der Waals surface area contributed by atoms with E-state index in [4.69, 9.17) is 4.42 Å². The maximum absolute atomic E-state index is 12.4. The second-order valence-corrected chi connectivity index (χ2v) is 6.92. The van der Waals surface area contributed by atoms with Gasteiger partial charge in [-0.15, -0.1) is 0 Å². The number of aromatic nitrogens is 1. The molecule has 0 aliphatic heterocycles. The van der Waals surface area contributed by atoms with Crippen molar-refractivity contribution in [1.29, 1.82) is 0 Å². The number of para-hydroxylation sites is 2. The van der Waals surface area contributed by atoms with Gasteiger partial charge in [-0.25, -0.2) is 4.98 Å². The second kappa shape index (κ2) is 5.85. The van der Waals surface area contributed by atoms with Crippen LogP contribution in [0.3, 0.4) is 0 Å². The zero-order valence-corrected chi connectivity index (χ0v) is 14.5. The third-order valence-corrected chi connectivity index (χ3v) is 5.09. The van der Waals surface area contributed by atoms with Crippen LogP contribution in [0.2, 0.25) is 0 Å². The number of nitrogens with one attached hydrogen (secondary N) is 1. The Kier molecular flexibility index (Phi) is 3.66. The molecule has 0 radical (unpaired) electrons. The van der Waals surface area contributed by atoms with Crippen molar-refractivity contribution >= 4 is 59.5 Å². The van der Waals surface area contributed by atoms with E-state index in [0.717, 1.165) is 14.7 Å². The molecule has 2 aromatic carbocycles. The van der Waals surface area contributed by atoms with Gasteiger partial charge in [0.1, 0.15) is 17.4 Å². The highest BCUT2D eigenvalue weighted by Crippen LogP contribution is 2.31. The summed E-state index contributed by atoms with van der Waals surface area (Å²) >= 11 is 4.76. The molecule has 0 fully saturated rings. The van der Waals surface area contributed by atoms with Crippen LogP contribution in [0.1, 0.15) is 10.4 Å². The number of thiazole rings is 1. The number of amides is 1. The molecule has 0 atom stereocenters. The van der Waals surface area contributed by atoms with E-state index in [1.54, 1.807) is 24.3 Å². The minimum Gasteiger partial charge on any atom is -0.463 e. The van der Waals surface area contributed by atoms with Crippen LogP contribution in [0, 0.1) is 0 Å². The van der Waals surface area contributed by atoms with Gasteiger partial charge >= 0.3 is 0 Å². The van der Waals surface area contributed by atoms with Gasteiger partial charge in [-0.2, -0.15) is 0 Å². The molecular formula is C17H9BrN2O3S. The van der Waals surface area contributed by atoms with Crippen LogP contribution in [-0.2, 0) is 0 Å². The van der Waals surface area contributed by atoms with E-state index >= 15 is 0 Å². The van der Waals surface area contributed by atoms with Crippen LogP contribution in [0.4, 0.5) is 5.13 Å². The van der Waals surface area contributed by atoms with Crippen molar-refractivity contribution in [1.82, 2.24) is 4.98 Å². The van der Waals surface area contributed by atoms with Gasteiger partial charge in [-0.1, -0.05) is 29.5 Å². The maximum Gasteiger partial charge on any atom is 0.264 e. The second-order valence-electron chi connectivity index (χ2n) is 5.03. The Bertz CT molecular complexity index is 1150. The summed E-state index contributed by atoms with van der Waals surface area (Å²) in [5.74, 6) is -0.537. The van der Waals surface area contributed by atoms with Crippen LogP contribution in [0.5, 0.6) is 0 Å². The zero-order valence-electron chi connectivity index (χ0n) is 12.1. The molecule has 7 heteroatoms. The predicted molar refractivity (Wildman–Crippen MR) is 97.8 cm³/mol. The number of fused-ring (bicyclic) bond motifs is 2. The summed E-state index contributed by atoms with van der Waals surface area (Å²) in [6.45, 7) is 0. The van der Waals surface area contributed by atoms with Crippen LogP contribution in [-0.4, -0.2) is 10.9 Å². The van der Waals surface area contributed by atoms with Gasteiger partial charge in [0, 0.05) is 4.47 Å². The minimum absolute atomic E-state index is 0.0491. The molecule has 118 valence electrons. The summed E-state index contributed by atoms with van der Waals surface area (Å²) in [4.78, 5) is 29.2. The molecule has 0 saturated heterocycles. The number of benzene rings is 2. The molecule has 0 aliphatic carbocycles. The largest absolute Gasteiger partial charge is 0.463 e. The van der Waals surface area contributed by atoms with E-state index in [2.05, 4.69) is 26.2 Å². The average Bonchev–Trinajstić information content (AvgIpc) is 2.99. The Morgan fingerprint density at radius 3 is 2.83 bits per heavy atom. The third kappa shape index (κ3) is 2.51. The van der Waals surface area contributed by atoms with E-state index in [-0.39, 0.29) is 11.0 Å². The van der Waals surface area contributed by atoms with Gasteiger partial charge < -0.3 is 4.42 Å². The average molecular weight is 401 g/mol. The van der Waals surface area contributed by atoms with Gasteiger partial charge in [-0.3, -0.25) is 14.9 Å². The number of carbonyl (C=O) groups excluding carboxylic acids is 1. The Balaban J connectivity index is 1.72. The molecule has 2 aromatic heterocycles. The number of carbonyl (C=O) groups is 1. The predicted octanol–water partition coefficient (Wildman–Crippen LogP) is 4.42. The lowest BCUT2D eigenvalue weighted by Gasteiger charge is -2.02. The Labute approximate surface area is 148 Å². The molecule has 0 unspecified atom stereocenters. The molecular weight excluding hydrogens is 392 g/mol. The zero-order chi connectivity index (χ0) is 16.7. The van der Waals surface area contributed by atoms with Gasteiger partial charge in [0.15, 0.2) is 5.13 Å². The molecule has 0 bridgehead atoms. The standard InChI is InChI=1S/C17H9BrN2O3S/c18-11-5-3-7-13-14(11)19-17(24-13)20-16(22)10-8-23-12-6-2-1-4-9(12)15(10)21/h1-8H,(H,19,20,22). The Hall–Kier alpha value is -2.51. The molecule has 24 heavy (non-hydrogen) atoms. The van der Waals surface area contributed by atoms with Crippen LogP contribution < -0.4 is 10.7 Å². The highest BCUT2D eigenvalue weighted by molar-refractivity contribution is 9.10. The van der Waals surface area contributed by atoms with E-state index in [1.165, 1.54) is 17.6 Å². The molecule has 2 heterocycles. The lowest BCUT2D eigenvalue weighted by atomic mass is 10.1. The number of anilines is 1. The third-order valence-electron chi connectivity index (χ3n) is 3.51. The SMILES string of the molecule is O=C(Nc1nc2c(Br)cccc2s1)c1coc2ccccc2c1=O. The van der Waals surface area contributed by atoms with E-state index < -0.39 is 5.91 Å². The summed E-state index contributed by atoms with van der Waals surface area (Å²) in [5, 5.41) is 3.47. The first-order valence-corrected chi connectivity index (χ1v) is 8.61. The minimum atomic E-state index is -0.537. The molecule has 4 rings (SSSR count). The molecule has 1 amide bonds. The lowest BCUT2D eigenvalue weighted by Crippen LogP contribution is -2.21. The first-order valence-electron chi connectivity index (χ1n) is 7.00. The van der Waals surface area contributed by atoms with Gasteiger partial charge in [0.05, 0.1) is 15.6 Å². The molecule has 0 saturated carbocycles. The van der Waals surface area contributed by atoms with Crippen molar-refractivity contribution in [3.8, 4) is 0 Å². The molecule has 0 aliphatic rings. The summed E-state index contributed by atoms with van der Waals surface area (Å²) < 4.78 is 7.16. The fourth-order valence-corrected chi connectivity index (χ4v) is 3.84. The van der Waals surface area contributed by atoms with Gasteiger partial charge in [0.2, 0.25) is 5.43 Å². The van der Waals surface area contributed by atoms with Crippen LogP contribution in [0.25, 0.3) is 21.2 Å². The Morgan fingerprint density at radius 1 is 1.17 bits per heavy atom. The Morgan fingerprint density at radius 2 is 2.00 bits per heavy atom. The molecule has 1 N–H and O–H groups in total. The molecule has 4 aromatic rings. The van der Waals surface area contributed by atoms with Crippen molar-refractivity contribution in [2.45, 2.75) is 0 Å². The molecule has 0 spiro atoms. The van der Waals surface area contributed by atoms with E-state index in [0.29, 0.717) is 16.1 Å². The van der Waals surface area contributed by atoms with Crippen molar-refractivity contribution in [3.05, 3.63) is 69.0 Å². The van der Waals surface area contributed by atoms with E-state index in [1.807, 2.05) is 18.2 Å². The number of hydrogen-bond acceptors (Lipinski definition) is 5. The van der Waals surface area contributed by atoms with E-state index in [9.17, 15) is 9.59 Å². The monoisotopic (exact) mass is 400 g/mol. The van der Waals surface area contributed by atoms with Crippen LogP contribution >= 0.6 is 27.3 Å². The summed E-state index contributed by atoms with van der Waals surface area (Å²) in [5.41, 5.74) is 0.801. The van der Waals surface area contributed by atoms with Crippen molar-refractivity contribution in [2.75, 3.05) is 5.32 Å². The molecule has 5 nitrogen and oxygen atoms in total. The first kappa shape index (κ1) is 15.0. The quantitative estimate of drug-likeness (QED) is 0.540. The number of halogens is 1. The normalized spacial score (nSPS) is 11.0. The van der Waals surface area contributed by atoms with Crippen molar-refractivity contribution in [2.24, 2.45) is 0 Å². The van der Waals surface area contributed by atoms with Gasteiger partial charge in [0.25, 0.3) is 5.91 Å². The summed E-state index contributed by atoms with van der Waals surface area (Å²) in [6.07, 6.45) is 1.18. The smallest absolute Gasteiger partial charge is 0.264 e. The van der Waals surface area contributed by atoms with Crippen LogP contribution in [0.15, 0.2) is 62.4 Å². The fourth-order valence-electron chi connectivity index (χ4n) is 2.37.